The van der Waals surface area contributed by atoms with Crippen LogP contribution >= 0.6 is 0 Å². The highest BCUT2D eigenvalue weighted by atomic mass is 16.1. The van der Waals surface area contributed by atoms with Gasteiger partial charge in [0, 0.05) is 81.1 Å². The highest BCUT2D eigenvalue weighted by molar-refractivity contribution is 6.09. The lowest BCUT2D eigenvalue weighted by Gasteiger charge is -2.21. The number of hydrogen-bond donors (Lipinski definition) is 0. The molecule has 0 saturated carbocycles. The van der Waals surface area contributed by atoms with Gasteiger partial charge in [-0.1, -0.05) is 194 Å². The van der Waals surface area contributed by atoms with Crippen molar-refractivity contribution in [3.05, 3.63) is 363 Å². The number of carbonyl (C=O) groups excluding carboxylic acids is 5. The monoisotopic (exact) mass is 1430 g/mol. The quantitative estimate of drug-likeness (QED) is 0.106. The number of nitrogens with zero attached hydrogens (tertiary/aromatic N) is 5. The number of benzene rings is 8. The summed E-state index contributed by atoms with van der Waals surface area (Å²) in [5.74, 6) is 0.653. The van der Waals surface area contributed by atoms with Crippen LogP contribution in [0.1, 0.15) is 182 Å². The first-order valence-electron chi connectivity index (χ1n) is 37.7. The summed E-state index contributed by atoms with van der Waals surface area (Å²) in [4.78, 5) is 59.4. The fraction of sp³-hybridized carbons (Fsp3) is 0.192. The molecule has 0 unspecified atom stereocenters. The maximum Gasteiger partial charge on any atom is 0.213 e. The zero-order chi connectivity index (χ0) is 76.2. The van der Waals surface area contributed by atoms with Crippen LogP contribution < -0.4 is 22.8 Å². The molecule has 0 spiro atoms. The second-order valence-electron chi connectivity index (χ2n) is 31.3. The molecule has 536 valence electrons. The van der Waals surface area contributed by atoms with E-state index in [4.69, 9.17) is 0 Å². The minimum Gasteiger partial charge on any atom is -0.294 e. The standard InChI is InChI=1S/C28H22NO.C20H16NO.C18H20NO.C18H18NO.C15H14NO/c1-28(2)24-11-7-6-10-21(24)23-14-20-17-29-16-19(27(30)18-8-4-3-5-9-18)12-13-26(29)22(20)15-25(23)28;1-14(22)17-8-10-20-19-9-7-16(15-5-3-2-4-6-15)11-18(19)13-21(20)12-17;1-12(20)13-5-8-17-16-7-6-15(18(2,3)4)9-14(16)11-19(17)10-13;1-13(2)18(20)15-8-9-17-10-16(12-19(17)11-15)14-6-4-3-5-7-14;1-10-4-3-5-13-9-16-8-12(11(2)17)6-7-14(16)15(10)13/h3-16H,17H2,1-2H3;2-12H,13H2,1H3;5-10H,11H2,1-4H3;3-11,13H,12H2,1-2H3;3-8H,9H2,1-2H3/q5*+1. The second-order valence-corrected chi connectivity index (χ2v) is 31.3. The highest BCUT2D eigenvalue weighted by Gasteiger charge is 2.40. The Kier molecular flexibility index (Phi) is 19.5. The smallest absolute Gasteiger partial charge is 0.213 e. The van der Waals surface area contributed by atoms with Gasteiger partial charge < -0.3 is 0 Å². The van der Waals surface area contributed by atoms with Crippen LogP contribution in [-0.2, 0) is 43.6 Å². The predicted octanol–water partition coefficient (Wildman–Crippen LogP) is 18.8. The molecule has 13 aromatic rings. The number of fused-ring (bicyclic) bond motifs is 16. The average molecular weight is 1430 g/mol. The van der Waals surface area contributed by atoms with Crippen molar-refractivity contribution in [2.75, 3.05) is 0 Å². The Morgan fingerprint density at radius 3 is 1.45 bits per heavy atom. The topological polar surface area (TPSA) is 105 Å². The number of Topliss-reactive ketones (excluding diaryl/α,β-unsaturated/α-hetero) is 4. The molecule has 5 aromatic heterocycles. The fourth-order valence-electron chi connectivity index (χ4n) is 16.1. The van der Waals surface area contributed by atoms with E-state index in [0.717, 1.165) is 71.8 Å². The first kappa shape index (κ1) is 72.2. The van der Waals surface area contributed by atoms with Crippen LogP contribution in [-0.4, -0.2) is 28.9 Å². The summed E-state index contributed by atoms with van der Waals surface area (Å²) in [6.07, 6.45) is 12.1. The van der Waals surface area contributed by atoms with Gasteiger partial charge in [0.1, 0.15) is 0 Å². The van der Waals surface area contributed by atoms with Crippen LogP contribution in [0.5, 0.6) is 0 Å². The van der Waals surface area contributed by atoms with E-state index in [2.05, 4.69) is 228 Å². The van der Waals surface area contributed by atoms with Crippen LogP contribution in [0.2, 0.25) is 0 Å². The first-order valence-corrected chi connectivity index (χ1v) is 37.7. The SMILES string of the molecule is CC(=O)c1ccc2[n+](c1)Cc1cc(-c3ccccc3)ccc1-2.CC(=O)c1ccc2[n+](c1)Cc1cc(C(C)(C)C)ccc1-2.CC(=O)c1ccc2[n+](c1)Cc1cccc(C)c1-2.CC(C)C(=O)c1ccc2[n+](c1)CC(c1ccccc1)=C2.CC1(C)c2ccccc2-c2cc3c(cc21)-c1ccc(C(=O)c2ccccc2)c[n+]1C3. The number of hydrogen-bond acceptors (Lipinski definition) is 5. The van der Waals surface area contributed by atoms with Crippen molar-refractivity contribution < 1.29 is 46.8 Å². The van der Waals surface area contributed by atoms with Crippen LogP contribution in [0.25, 0.3) is 78.9 Å². The van der Waals surface area contributed by atoms with Gasteiger partial charge in [0.05, 0.1) is 50.1 Å². The van der Waals surface area contributed by atoms with Crippen LogP contribution in [0.4, 0.5) is 0 Å². The van der Waals surface area contributed by atoms with Gasteiger partial charge in [-0.25, -0.2) is 0 Å². The van der Waals surface area contributed by atoms with Gasteiger partial charge in [-0.3, -0.25) is 24.0 Å². The Morgan fingerprint density at radius 1 is 0.367 bits per heavy atom. The third-order valence-electron chi connectivity index (χ3n) is 22.1. The zero-order valence-corrected chi connectivity index (χ0v) is 63.9. The lowest BCUT2D eigenvalue weighted by atomic mass is 9.81. The summed E-state index contributed by atoms with van der Waals surface area (Å²) < 4.78 is 10.9. The molecule has 19 rings (SSSR count). The Labute approximate surface area is 639 Å². The maximum absolute atomic E-state index is 12.9. The van der Waals surface area contributed by atoms with Gasteiger partial charge >= 0.3 is 0 Å². The summed E-state index contributed by atoms with van der Waals surface area (Å²) in [7, 11) is 0. The summed E-state index contributed by atoms with van der Waals surface area (Å²) in [6.45, 7) is 26.4. The molecule has 0 saturated heterocycles. The van der Waals surface area contributed by atoms with Gasteiger partial charge in [-0.05, 0) is 150 Å². The third kappa shape index (κ3) is 14.3. The van der Waals surface area contributed by atoms with Crippen LogP contribution in [0, 0.1) is 12.8 Å². The summed E-state index contributed by atoms with van der Waals surface area (Å²) >= 11 is 0. The molecule has 10 heteroatoms. The molecule has 8 aromatic carbocycles. The van der Waals surface area contributed by atoms with Crippen molar-refractivity contribution in [2.45, 2.75) is 120 Å². The molecule has 10 nitrogen and oxygen atoms in total. The Bertz CT molecular complexity index is 5900. The Balaban J connectivity index is 0.000000110. The minimum atomic E-state index is -0.00239. The summed E-state index contributed by atoms with van der Waals surface area (Å²) in [6, 6.07) is 83.4. The van der Waals surface area contributed by atoms with Crippen molar-refractivity contribution in [3.8, 4) is 67.3 Å². The normalized spacial score (nSPS) is 13.1. The van der Waals surface area contributed by atoms with Crippen molar-refractivity contribution in [2.24, 2.45) is 5.92 Å². The highest BCUT2D eigenvalue weighted by Crippen LogP contribution is 2.51. The van der Waals surface area contributed by atoms with Gasteiger partial charge in [-0.15, -0.1) is 0 Å². The molecule has 109 heavy (non-hydrogen) atoms. The zero-order valence-electron chi connectivity index (χ0n) is 63.9. The number of aryl methyl sites for hydroxylation is 1. The van der Waals surface area contributed by atoms with Gasteiger partial charge in [0.2, 0.25) is 28.5 Å². The molecule has 1 aliphatic carbocycles. The molecule has 0 fully saturated rings. The van der Waals surface area contributed by atoms with Gasteiger partial charge in [0.15, 0.2) is 92.6 Å². The van der Waals surface area contributed by atoms with E-state index >= 15 is 0 Å². The lowest BCUT2D eigenvalue weighted by molar-refractivity contribution is -0.682. The van der Waals surface area contributed by atoms with Gasteiger partial charge in [0.25, 0.3) is 0 Å². The van der Waals surface area contributed by atoms with Gasteiger partial charge in [-0.2, -0.15) is 22.8 Å². The molecular formula is C99H90N5O5+5. The Morgan fingerprint density at radius 2 is 0.853 bits per heavy atom. The number of rotatable bonds is 9. The molecule has 10 heterocycles. The third-order valence-corrected chi connectivity index (χ3v) is 22.1. The molecule has 0 atom stereocenters. The molecule has 0 bridgehead atoms. The van der Waals surface area contributed by atoms with E-state index in [1.165, 1.54) is 123 Å². The van der Waals surface area contributed by atoms with E-state index in [0.29, 0.717) is 0 Å². The van der Waals surface area contributed by atoms with Crippen molar-refractivity contribution >= 4 is 40.6 Å². The molecule has 6 aliphatic rings. The summed E-state index contributed by atoms with van der Waals surface area (Å²) in [5.41, 5.74) is 34.3. The van der Waals surface area contributed by atoms with E-state index < -0.39 is 0 Å². The minimum absolute atomic E-state index is 0.00239. The number of ketones is 5. The van der Waals surface area contributed by atoms with E-state index in [9.17, 15) is 24.0 Å². The number of pyridine rings is 5. The number of aromatic nitrogens is 5. The molecule has 0 N–H and O–H groups in total. The maximum atomic E-state index is 12.9. The first-order chi connectivity index (χ1) is 52.4. The van der Waals surface area contributed by atoms with Crippen LogP contribution in [0.3, 0.4) is 0 Å². The summed E-state index contributed by atoms with van der Waals surface area (Å²) in [5, 5.41) is 0. The average Bonchev–Trinajstić information content (AvgIpc) is 1.56. The fourth-order valence-corrected chi connectivity index (χ4v) is 16.1. The predicted molar refractivity (Wildman–Crippen MR) is 431 cm³/mol. The lowest BCUT2D eigenvalue weighted by Crippen LogP contribution is -2.35. The molecule has 0 radical (unpaired) electrons. The van der Waals surface area contributed by atoms with Crippen molar-refractivity contribution in [1.82, 2.24) is 0 Å². The Hall–Kier alpha value is -12.4. The van der Waals surface area contributed by atoms with Crippen molar-refractivity contribution in [1.29, 1.82) is 0 Å². The van der Waals surface area contributed by atoms with E-state index in [1.807, 2.05) is 130 Å². The van der Waals surface area contributed by atoms with E-state index in [-0.39, 0.29) is 45.7 Å². The molecular weight excluding hydrogens is 1340 g/mol. The molecule has 5 aliphatic heterocycles. The second kappa shape index (κ2) is 29.4. The van der Waals surface area contributed by atoms with Crippen molar-refractivity contribution in [3.63, 3.8) is 0 Å². The molecule has 0 amide bonds. The number of carbonyl (C=O) groups is 5. The van der Waals surface area contributed by atoms with E-state index in [1.54, 1.807) is 20.8 Å². The number of allylic oxidation sites excluding steroid dienone is 1. The largest absolute Gasteiger partial charge is 0.294 e. The van der Waals surface area contributed by atoms with Crippen LogP contribution in [0.15, 0.2) is 274 Å².